The molecule has 9 heteroatoms. The second-order valence-corrected chi connectivity index (χ2v) is 15.4. The molecular weight excluding hydrogens is 553 g/mol. The Labute approximate surface area is 249 Å². The molecule has 2 aliphatic carbocycles. The summed E-state index contributed by atoms with van der Waals surface area (Å²) in [5.74, 6) is 1.000. The van der Waals surface area contributed by atoms with Gasteiger partial charge in [0.25, 0.3) is 0 Å². The van der Waals surface area contributed by atoms with Crippen molar-refractivity contribution < 1.29 is 22.3 Å². The van der Waals surface area contributed by atoms with E-state index < -0.39 is 15.9 Å². The van der Waals surface area contributed by atoms with Gasteiger partial charge in [-0.2, -0.15) is 0 Å². The molecule has 2 saturated carbocycles. The van der Waals surface area contributed by atoms with E-state index in [4.69, 9.17) is 4.74 Å². The van der Waals surface area contributed by atoms with Gasteiger partial charge in [-0.1, -0.05) is 25.5 Å². The number of nitrogens with zero attached hydrogens (tertiary/aromatic N) is 2. The third-order valence-corrected chi connectivity index (χ3v) is 12.9. The van der Waals surface area contributed by atoms with Crippen LogP contribution in [0.1, 0.15) is 57.4 Å². The Kier molecular flexibility index (Phi) is 8.26. The quantitative estimate of drug-likeness (QED) is 0.418. The minimum atomic E-state index is -3.15. The fourth-order valence-corrected chi connectivity index (χ4v) is 9.69. The first kappa shape index (κ1) is 29.4. The Morgan fingerprint density at radius 1 is 1.02 bits per heavy atom. The van der Waals surface area contributed by atoms with Crippen LogP contribution >= 0.6 is 0 Å². The Bertz CT molecular complexity index is 1370. The van der Waals surface area contributed by atoms with E-state index >= 15 is 0 Å². The van der Waals surface area contributed by atoms with Gasteiger partial charge in [0.2, 0.25) is 0 Å². The van der Waals surface area contributed by atoms with Crippen molar-refractivity contribution in [3.8, 4) is 0 Å². The van der Waals surface area contributed by atoms with E-state index in [1.807, 2.05) is 18.2 Å². The van der Waals surface area contributed by atoms with Crippen molar-refractivity contribution in [3.05, 3.63) is 59.9 Å². The molecule has 0 unspecified atom stereocenters. The van der Waals surface area contributed by atoms with E-state index in [0.29, 0.717) is 16.7 Å². The number of ether oxygens (including phenoxy) is 1. The maximum Gasteiger partial charge on any atom is 0.407 e. The summed E-state index contributed by atoms with van der Waals surface area (Å²) in [6.07, 6.45) is 6.23. The molecule has 0 aromatic heterocycles. The van der Waals surface area contributed by atoms with E-state index in [0.717, 1.165) is 88.9 Å². The standard InChI is InChI=1S/C33H44FN3O4S/c1-33(25-5-3-6-26(34)19-25,30-7-4-8-31(30)35-32(38)41-2)24-15-17-36(18-16-24)20-23-21-37(22-23)27-9-11-28(12-10-27)42(39,40)29-13-14-29/h3,5-6,9-12,19,23-24,29-31H,4,7-8,13-18,20-22H2,1-2H3,(H,35,38)/t30-,31-,33-/m0/s1. The number of hydrogen-bond acceptors (Lipinski definition) is 6. The SMILES string of the molecule is COC(=O)N[C@H]1CCC[C@@H]1[C@](C)(c1cccc(F)c1)C1CCN(CC2CN(c3ccc(S(=O)(=O)C4CC4)cc3)C2)CC1. The molecule has 0 radical (unpaired) electrons. The van der Waals surface area contributed by atoms with E-state index in [1.165, 1.54) is 13.2 Å². The minimum Gasteiger partial charge on any atom is -0.453 e. The molecule has 2 heterocycles. The molecule has 0 spiro atoms. The van der Waals surface area contributed by atoms with E-state index in [-0.39, 0.29) is 28.4 Å². The monoisotopic (exact) mass is 597 g/mol. The maximum atomic E-state index is 14.5. The van der Waals surface area contributed by atoms with E-state index in [2.05, 4.69) is 28.1 Å². The predicted octanol–water partition coefficient (Wildman–Crippen LogP) is 5.39. The second kappa shape index (κ2) is 11.8. The van der Waals surface area contributed by atoms with Gasteiger partial charge in [0.15, 0.2) is 9.84 Å². The highest BCUT2D eigenvalue weighted by Gasteiger charge is 2.49. The minimum absolute atomic E-state index is 0.0209. The molecule has 42 heavy (non-hydrogen) atoms. The van der Waals surface area contributed by atoms with Crippen LogP contribution in [0.3, 0.4) is 0 Å². The van der Waals surface area contributed by atoms with E-state index in [1.54, 1.807) is 18.2 Å². The number of sulfone groups is 1. The summed E-state index contributed by atoms with van der Waals surface area (Å²) >= 11 is 0. The van der Waals surface area contributed by atoms with Crippen molar-refractivity contribution in [2.45, 2.75) is 73.5 Å². The number of rotatable bonds is 9. The normalized spacial score (nSPS) is 25.5. The van der Waals surface area contributed by atoms with Gasteiger partial charge >= 0.3 is 6.09 Å². The second-order valence-electron chi connectivity index (χ2n) is 13.2. The first-order valence-electron chi connectivity index (χ1n) is 15.6. The van der Waals surface area contributed by atoms with Gasteiger partial charge in [-0.15, -0.1) is 0 Å². The van der Waals surface area contributed by atoms with Crippen LogP contribution in [-0.2, 0) is 20.0 Å². The number of methoxy groups -OCH3 is 1. The molecule has 4 aliphatic rings. The molecule has 2 saturated heterocycles. The summed E-state index contributed by atoms with van der Waals surface area (Å²) in [4.78, 5) is 17.5. The lowest BCUT2D eigenvalue weighted by atomic mass is 9.59. The number of carbonyl (C=O) groups is 1. The molecule has 7 nitrogen and oxygen atoms in total. The van der Waals surface area contributed by atoms with Crippen molar-refractivity contribution in [1.82, 2.24) is 10.2 Å². The molecule has 1 N–H and O–H groups in total. The van der Waals surface area contributed by atoms with Crippen LogP contribution in [0.15, 0.2) is 53.4 Å². The average Bonchev–Trinajstić information content (AvgIpc) is 3.74. The van der Waals surface area contributed by atoms with Crippen LogP contribution in [0.5, 0.6) is 0 Å². The zero-order valence-corrected chi connectivity index (χ0v) is 25.6. The molecular formula is C33H44FN3O4S. The van der Waals surface area contributed by atoms with Crippen LogP contribution in [0.25, 0.3) is 0 Å². The Morgan fingerprint density at radius 3 is 2.38 bits per heavy atom. The molecule has 4 fully saturated rings. The highest BCUT2D eigenvalue weighted by atomic mass is 32.2. The number of carbonyl (C=O) groups excluding carboxylic acids is 1. The van der Waals surface area contributed by atoms with Gasteiger partial charge in [-0.05, 0) is 105 Å². The molecule has 2 aromatic carbocycles. The largest absolute Gasteiger partial charge is 0.453 e. The molecule has 1 amide bonds. The predicted molar refractivity (Wildman–Crippen MR) is 162 cm³/mol. The third-order valence-electron chi connectivity index (χ3n) is 10.6. The zero-order valence-electron chi connectivity index (χ0n) is 24.8. The summed E-state index contributed by atoms with van der Waals surface area (Å²) in [7, 11) is -1.74. The summed E-state index contributed by atoms with van der Waals surface area (Å²) < 4.78 is 44.4. The topological polar surface area (TPSA) is 79.0 Å². The van der Waals surface area contributed by atoms with Gasteiger partial charge in [0.1, 0.15) is 5.82 Å². The zero-order chi connectivity index (χ0) is 29.5. The molecule has 3 atom stereocenters. The van der Waals surface area contributed by atoms with Crippen molar-refractivity contribution in [2.75, 3.05) is 44.7 Å². The smallest absolute Gasteiger partial charge is 0.407 e. The van der Waals surface area contributed by atoms with Crippen molar-refractivity contribution in [1.29, 1.82) is 0 Å². The van der Waals surface area contributed by atoms with Gasteiger partial charge in [0.05, 0.1) is 17.3 Å². The number of halogens is 1. The first-order valence-corrected chi connectivity index (χ1v) is 17.1. The fraction of sp³-hybridized carbons (Fsp3) is 0.606. The van der Waals surface area contributed by atoms with Crippen LogP contribution in [0.4, 0.5) is 14.9 Å². The van der Waals surface area contributed by atoms with Gasteiger partial charge in [-0.3, -0.25) is 0 Å². The summed E-state index contributed by atoms with van der Waals surface area (Å²) in [6.45, 7) is 7.36. The molecule has 6 rings (SSSR count). The lowest BCUT2D eigenvalue weighted by Gasteiger charge is -2.49. The lowest BCUT2D eigenvalue weighted by molar-refractivity contribution is 0.0763. The number of amides is 1. The number of nitrogens with one attached hydrogen (secondary N) is 1. The number of likely N-dealkylation sites (tertiary alicyclic amines) is 1. The van der Waals surface area contributed by atoms with Crippen LogP contribution in [-0.4, -0.2) is 70.5 Å². The maximum absolute atomic E-state index is 14.5. The highest BCUT2D eigenvalue weighted by Crippen LogP contribution is 2.50. The van der Waals surface area contributed by atoms with Crippen molar-refractivity contribution in [2.24, 2.45) is 17.8 Å². The average molecular weight is 598 g/mol. The molecule has 0 bridgehead atoms. The Balaban J connectivity index is 1.06. The third kappa shape index (κ3) is 5.79. The number of benzene rings is 2. The van der Waals surface area contributed by atoms with Crippen molar-refractivity contribution in [3.63, 3.8) is 0 Å². The molecule has 2 aromatic rings. The highest BCUT2D eigenvalue weighted by molar-refractivity contribution is 7.92. The Morgan fingerprint density at radius 2 is 1.74 bits per heavy atom. The number of piperidine rings is 1. The number of alkyl carbamates (subject to hydrolysis) is 1. The fourth-order valence-electron chi connectivity index (χ4n) is 8.03. The summed E-state index contributed by atoms with van der Waals surface area (Å²) in [5.41, 5.74) is 1.88. The lowest BCUT2D eigenvalue weighted by Crippen LogP contribution is -2.54. The van der Waals surface area contributed by atoms with E-state index in [9.17, 15) is 17.6 Å². The molecule has 2 aliphatic heterocycles. The number of hydrogen-bond donors (Lipinski definition) is 1. The molecule has 228 valence electrons. The Hall–Kier alpha value is -2.65. The van der Waals surface area contributed by atoms with Gasteiger partial charge < -0.3 is 19.9 Å². The number of anilines is 1. The van der Waals surface area contributed by atoms with Crippen LogP contribution in [0, 0.1) is 23.6 Å². The van der Waals surface area contributed by atoms with Crippen LogP contribution < -0.4 is 10.2 Å². The van der Waals surface area contributed by atoms with Crippen molar-refractivity contribution >= 4 is 21.6 Å². The summed E-state index contributed by atoms with van der Waals surface area (Å²) in [5, 5.41) is 2.92. The summed E-state index contributed by atoms with van der Waals surface area (Å²) in [6, 6.07) is 14.6. The van der Waals surface area contributed by atoms with Crippen LogP contribution in [0.2, 0.25) is 0 Å². The van der Waals surface area contributed by atoms with Gasteiger partial charge in [0, 0.05) is 42.7 Å². The van der Waals surface area contributed by atoms with Gasteiger partial charge in [-0.25, -0.2) is 17.6 Å². The first-order chi connectivity index (χ1) is 20.2.